The summed E-state index contributed by atoms with van der Waals surface area (Å²) in [6.45, 7) is 1.95. The summed E-state index contributed by atoms with van der Waals surface area (Å²) in [7, 11) is 0. The summed E-state index contributed by atoms with van der Waals surface area (Å²) < 4.78 is 0.951. The summed E-state index contributed by atoms with van der Waals surface area (Å²) in [4.78, 5) is 24.3. The lowest BCUT2D eigenvalue weighted by Gasteiger charge is -2.34. The normalized spacial score (nSPS) is 30.9. The fraction of sp³-hybridized carbons (Fsp3) is 0.467. The van der Waals surface area contributed by atoms with Crippen molar-refractivity contribution >= 4 is 27.5 Å². The van der Waals surface area contributed by atoms with Gasteiger partial charge < -0.3 is 0 Å². The monoisotopic (exact) mass is 306 g/mol. The Kier molecular flexibility index (Phi) is 2.70. The maximum atomic E-state index is 12.6. The van der Waals surface area contributed by atoms with E-state index in [4.69, 9.17) is 0 Å². The van der Waals surface area contributed by atoms with Crippen LogP contribution in [0.4, 0.5) is 0 Å². The van der Waals surface area contributed by atoms with Crippen LogP contribution in [0.5, 0.6) is 0 Å². The fourth-order valence-electron chi connectivity index (χ4n) is 3.42. The van der Waals surface area contributed by atoms with Crippen molar-refractivity contribution in [3.05, 3.63) is 33.8 Å². The molecule has 1 aromatic carbocycles. The lowest BCUT2D eigenvalue weighted by atomic mass is 9.67. The van der Waals surface area contributed by atoms with Gasteiger partial charge in [0, 0.05) is 27.8 Å². The number of carbonyl (C=O) groups is 2. The Hall–Kier alpha value is -0.960. The second-order valence-electron chi connectivity index (χ2n) is 5.66. The van der Waals surface area contributed by atoms with Gasteiger partial charge in [0.05, 0.1) is 0 Å². The molecule has 0 aliphatic heterocycles. The number of Topliss-reactive ketones (excluding diaryl/α,β-unsaturated/α-hetero) is 2. The first kappa shape index (κ1) is 12.1. The Bertz CT molecular complexity index is 549. The molecule has 2 atom stereocenters. The first-order valence-corrected chi connectivity index (χ1v) is 7.17. The highest BCUT2D eigenvalue weighted by molar-refractivity contribution is 9.10. The molecule has 0 bridgehead atoms. The van der Waals surface area contributed by atoms with Crippen LogP contribution < -0.4 is 0 Å². The third kappa shape index (κ3) is 1.68. The number of ketones is 2. The van der Waals surface area contributed by atoms with Gasteiger partial charge >= 0.3 is 0 Å². The van der Waals surface area contributed by atoms with Crippen molar-refractivity contribution in [2.24, 2.45) is 11.3 Å². The largest absolute Gasteiger partial charge is 0.299 e. The summed E-state index contributed by atoms with van der Waals surface area (Å²) in [5.41, 5.74) is 1.70. The molecule has 0 unspecified atom stereocenters. The molecule has 0 saturated heterocycles. The highest BCUT2D eigenvalue weighted by Crippen LogP contribution is 2.48. The van der Waals surface area contributed by atoms with Crippen LogP contribution in [0.2, 0.25) is 0 Å². The molecule has 2 nitrogen and oxygen atoms in total. The lowest BCUT2D eigenvalue weighted by Crippen LogP contribution is -2.37. The van der Waals surface area contributed by atoms with Gasteiger partial charge in [-0.05, 0) is 37.0 Å². The van der Waals surface area contributed by atoms with Gasteiger partial charge in [-0.2, -0.15) is 0 Å². The van der Waals surface area contributed by atoms with Crippen molar-refractivity contribution < 1.29 is 9.59 Å². The number of halogens is 1. The van der Waals surface area contributed by atoms with Crippen molar-refractivity contribution in [1.29, 1.82) is 0 Å². The van der Waals surface area contributed by atoms with Gasteiger partial charge in [-0.15, -0.1) is 0 Å². The van der Waals surface area contributed by atoms with Crippen molar-refractivity contribution in [3.8, 4) is 0 Å². The molecule has 2 aliphatic rings. The van der Waals surface area contributed by atoms with Crippen LogP contribution in [-0.2, 0) is 11.2 Å². The van der Waals surface area contributed by atoms with Crippen LogP contribution in [0.3, 0.4) is 0 Å². The number of hydrogen-bond acceptors (Lipinski definition) is 2. The van der Waals surface area contributed by atoms with Crippen molar-refractivity contribution in [3.63, 3.8) is 0 Å². The predicted octanol–water partition coefficient (Wildman–Crippen LogP) is 3.56. The van der Waals surface area contributed by atoms with Crippen LogP contribution in [0.15, 0.2) is 22.7 Å². The Balaban J connectivity index is 1.99. The van der Waals surface area contributed by atoms with Crippen LogP contribution >= 0.6 is 15.9 Å². The number of rotatable bonds is 0. The molecule has 0 radical (unpaired) electrons. The Morgan fingerprint density at radius 3 is 2.83 bits per heavy atom. The van der Waals surface area contributed by atoms with Crippen LogP contribution in [0, 0.1) is 11.3 Å². The summed E-state index contributed by atoms with van der Waals surface area (Å²) >= 11 is 3.42. The zero-order valence-corrected chi connectivity index (χ0v) is 11.9. The van der Waals surface area contributed by atoms with Gasteiger partial charge in [0.25, 0.3) is 0 Å². The third-order valence-corrected chi connectivity index (χ3v) is 4.92. The lowest BCUT2D eigenvalue weighted by molar-refractivity contribution is -0.125. The van der Waals surface area contributed by atoms with E-state index in [1.54, 1.807) is 0 Å². The van der Waals surface area contributed by atoms with E-state index in [0.29, 0.717) is 12.2 Å². The van der Waals surface area contributed by atoms with Crippen molar-refractivity contribution in [2.75, 3.05) is 0 Å². The summed E-state index contributed by atoms with van der Waals surface area (Å²) in [6, 6.07) is 5.95. The highest BCUT2D eigenvalue weighted by Gasteiger charge is 2.49. The first-order chi connectivity index (χ1) is 8.52. The zero-order chi connectivity index (χ0) is 12.9. The van der Waals surface area contributed by atoms with E-state index in [1.807, 2.05) is 25.1 Å². The first-order valence-electron chi connectivity index (χ1n) is 6.38. The van der Waals surface area contributed by atoms with Gasteiger partial charge in [0.2, 0.25) is 0 Å². The standard InChI is InChI=1S/C15H15BrO2/c1-9-7-15(5-4-13(9)17)8-10-2-3-11(16)6-12(10)14(15)18/h2-3,6,9H,4-5,7-8H2,1H3/t9-,15-/m1/s1. The molecule has 0 amide bonds. The molecule has 3 heteroatoms. The van der Waals surface area contributed by atoms with Gasteiger partial charge in [0.15, 0.2) is 5.78 Å². The zero-order valence-electron chi connectivity index (χ0n) is 10.3. The van der Waals surface area contributed by atoms with E-state index in [-0.39, 0.29) is 17.1 Å². The molecule has 1 fully saturated rings. The number of fused-ring (bicyclic) bond motifs is 1. The average molecular weight is 307 g/mol. The maximum Gasteiger partial charge on any atom is 0.169 e. The molecule has 0 N–H and O–H groups in total. The van der Waals surface area contributed by atoms with E-state index in [0.717, 1.165) is 34.9 Å². The van der Waals surface area contributed by atoms with E-state index in [9.17, 15) is 9.59 Å². The molecule has 1 saturated carbocycles. The van der Waals surface area contributed by atoms with Crippen LogP contribution in [-0.4, -0.2) is 11.6 Å². The molecule has 1 spiro atoms. The molecule has 1 aromatic rings. The predicted molar refractivity (Wildman–Crippen MR) is 72.6 cm³/mol. The van der Waals surface area contributed by atoms with Gasteiger partial charge in [-0.1, -0.05) is 28.9 Å². The van der Waals surface area contributed by atoms with Crippen LogP contribution in [0.1, 0.15) is 42.1 Å². The smallest absolute Gasteiger partial charge is 0.169 e. The highest BCUT2D eigenvalue weighted by atomic mass is 79.9. The van der Waals surface area contributed by atoms with E-state index in [1.165, 1.54) is 0 Å². The van der Waals surface area contributed by atoms with E-state index >= 15 is 0 Å². The van der Waals surface area contributed by atoms with Crippen LogP contribution in [0.25, 0.3) is 0 Å². The molecule has 94 valence electrons. The fourth-order valence-corrected chi connectivity index (χ4v) is 3.78. The van der Waals surface area contributed by atoms with Gasteiger partial charge in [-0.25, -0.2) is 0 Å². The molecular weight excluding hydrogens is 292 g/mol. The van der Waals surface area contributed by atoms with E-state index < -0.39 is 0 Å². The Morgan fingerprint density at radius 2 is 2.11 bits per heavy atom. The number of benzene rings is 1. The minimum absolute atomic E-state index is 0.0282. The molecule has 3 rings (SSSR count). The Morgan fingerprint density at radius 1 is 1.33 bits per heavy atom. The Labute approximate surface area is 115 Å². The topological polar surface area (TPSA) is 34.1 Å². The van der Waals surface area contributed by atoms with Gasteiger partial charge in [0.1, 0.15) is 5.78 Å². The summed E-state index contributed by atoms with van der Waals surface area (Å²) in [6.07, 6.45) is 2.81. The quantitative estimate of drug-likeness (QED) is 0.734. The second kappa shape index (κ2) is 4.02. The molecular formula is C15H15BrO2. The minimum atomic E-state index is -0.295. The SMILES string of the molecule is C[C@@H]1C[C@]2(CCC1=O)Cc1ccc(Br)cc1C2=O. The summed E-state index contributed by atoms with van der Waals surface area (Å²) in [5.74, 6) is 0.587. The maximum absolute atomic E-state index is 12.6. The van der Waals surface area contributed by atoms with Crippen molar-refractivity contribution in [2.45, 2.75) is 32.6 Å². The molecule has 0 heterocycles. The number of hydrogen-bond donors (Lipinski definition) is 0. The van der Waals surface area contributed by atoms with Crippen molar-refractivity contribution in [1.82, 2.24) is 0 Å². The second-order valence-corrected chi connectivity index (χ2v) is 6.57. The minimum Gasteiger partial charge on any atom is -0.299 e. The molecule has 2 aliphatic carbocycles. The summed E-state index contributed by atoms with van der Waals surface area (Å²) in [5, 5.41) is 0. The van der Waals surface area contributed by atoms with E-state index in [2.05, 4.69) is 15.9 Å². The van der Waals surface area contributed by atoms with Gasteiger partial charge in [-0.3, -0.25) is 9.59 Å². The molecule has 18 heavy (non-hydrogen) atoms. The average Bonchev–Trinajstić information content (AvgIpc) is 2.59. The number of carbonyl (C=O) groups excluding carboxylic acids is 2. The third-order valence-electron chi connectivity index (χ3n) is 4.42. The molecule has 0 aromatic heterocycles.